The Kier molecular flexibility index (Phi) is 15.1. The fourth-order valence-electron chi connectivity index (χ4n) is 6.24. The monoisotopic (exact) mass is 683 g/mol. The molecule has 3 aliphatic heterocycles. The molecule has 47 heavy (non-hydrogen) atoms. The van der Waals surface area contributed by atoms with Gasteiger partial charge in [-0.15, -0.1) is 0 Å². The molecule has 11 N–H and O–H groups in total. The minimum atomic E-state index is -1.58. The third-order valence-electron chi connectivity index (χ3n) is 8.62. The summed E-state index contributed by atoms with van der Waals surface area (Å²) in [7, 11) is 0. The normalized spacial score (nSPS) is 40.8. The van der Waals surface area contributed by atoms with Crippen molar-refractivity contribution in [2.75, 3.05) is 46.2 Å². The first-order valence-corrected chi connectivity index (χ1v) is 15.4. The van der Waals surface area contributed by atoms with Crippen molar-refractivity contribution < 1.29 is 78.9 Å². The summed E-state index contributed by atoms with van der Waals surface area (Å²) in [5, 5.41) is 90.0. The molecule has 19 heteroatoms. The average Bonchev–Trinajstić information content (AvgIpc) is 3.01. The van der Waals surface area contributed by atoms with Crippen LogP contribution in [0.4, 0.5) is 0 Å². The molecule has 15 atom stereocenters. The lowest BCUT2D eigenvalue weighted by Crippen LogP contribution is -2.65. The van der Waals surface area contributed by atoms with Gasteiger partial charge in [-0.3, -0.25) is 14.4 Å². The first-order chi connectivity index (χ1) is 22.2. The molecule has 0 saturated carbocycles. The van der Waals surface area contributed by atoms with Crippen molar-refractivity contribution in [3.63, 3.8) is 0 Å². The van der Waals surface area contributed by atoms with Crippen LogP contribution in [0.3, 0.4) is 0 Å². The third kappa shape index (κ3) is 9.97. The van der Waals surface area contributed by atoms with Gasteiger partial charge in [0.2, 0.25) is 17.7 Å². The summed E-state index contributed by atoms with van der Waals surface area (Å²) in [5.41, 5.74) is 0. The summed E-state index contributed by atoms with van der Waals surface area (Å²) in [6.45, 7) is 0.839. The van der Waals surface area contributed by atoms with Gasteiger partial charge < -0.3 is 80.5 Å². The van der Waals surface area contributed by atoms with Gasteiger partial charge in [-0.05, 0) is 0 Å². The number of rotatable bonds is 14. The zero-order valence-electron chi connectivity index (χ0n) is 26.5. The molecule has 3 saturated heterocycles. The van der Waals surface area contributed by atoms with Crippen molar-refractivity contribution in [2.24, 2.45) is 11.8 Å². The highest BCUT2D eigenvalue weighted by Gasteiger charge is 2.48. The van der Waals surface area contributed by atoms with Gasteiger partial charge in [-0.25, -0.2) is 0 Å². The third-order valence-corrected chi connectivity index (χ3v) is 8.62. The standard InChI is InChI=1S/C28H49N3O16/c1-11(35)29-21-19(9-44-8-15-17(5-33)47-28(42)23(25(15)39)31-13(3)37)45-16(4-32)14(24(21)38)7-43-10-20-22(30-12(2)36)27(41)26(40)18(6-34)46-20/h14-28,32-34,38-42H,4-10H2,1-3H3,(H,29,35)(H,30,36)(H,31,37)/t14-,15-,16-,17+,18-,19+,20+,21+,22-,23-,24+,25+,26-,27-,28-/m1/s1. The Bertz CT molecular complexity index is 1030. The molecular weight excluding hydrogens is 634 g/mol. The van der Waals surface area contributed by atoms with Gasteiger partial charge in [-0.2, -0.15) is 0 Å². The maximum atomic E-state index is 12.1. The molecule has 0 bridgehead atoms. The molecule has 3 rings (SSSR count). The van der Waals surface area contributed by atoms with Gasteiger partial charge in [0.1, 0.15) is 36.6 Å². The summed E-state index contributed by atoms with van der Waals surface area (Å²) in [6.07, 6.45) is -12.5. The van der Waals surface area contributed by atoms with Crippen molar-refractivity contribution >= 4 is 17.7 Å². The maximum absolute atomic E-state index is 12.1. The first-order valence-electron chi connectivity index (χ1n) is 15.4. The Morgan fingerprint density at radius 1 is 0.511 bits per heavy atom. The highest BCUT2D eigenvalue weighted by atomic mass is 16.6. The highest BCUT2D eigenvalue weighted by molar-refractivity contribution is 5.74. The van der Waals surface area contributed by atoms with Crippen LogP contribution in [0.2, 0.25) is 0 Å². The van der Waals surface area contributed by atoms with Gasteiger partial charge >= 0.3 is 0 Å². The minimum absolute atomic E-state index is 0.248. The van der Waals surface area contributed by atoms with Gasteiger partial charge in [0.25, 0.3) is 0 Å². The summed E-state index contributed by atoms with van der Waals surface area (Å²) in [5.74, 6) is -3.37. The number of aliphatic hydroxyl groups is 8. The number of hydrogen-bond acceptors (Lipinski definition) is 16. The van der Waals surface area contributed by atoms with Crippen LogP contribution >= 0.6 is 0 Å². The number of hydrogen-bond donors (Lipinski definition) is 11. The van der Waals surface area contributed by atoms with Crippen molar-refractivity contribution in [2.45, 2.75) is 100 Å². The topological polar surface area (TPSA) is 295 Å². The van der Waals surface area contributed by atoms with Crippen molar-refractivity contribution in [1.29, 1.82) is 0 Å². The molecule has 3 heterocycles. The van der Waals surface area contributed by atoms with E-state index in [2.05, 4.69) is 16.0 Å². The Morgan fingerprint density at radius 2 is 0.894 bits per heavy atom. The number of carbonyl (C=O) groups is 3. The van der Waals surface area contributed by atoms with Crippen molar-refractivity contribution in [1.82, 2.24) is 16.0 Å². The van der Waals surface area contributed by atoms with Gasteiger partial charge in [0, 0.05) is 32.6 Å². The van der Waals surface area contributed by atoms with Crippen LogP contribution in [0.15, 0.2) is 0 Å². The van der Waals surface area contributed by atoms with E-state index in [0.717, 1.165) is 0 Å². The molecule has 0 radical (unpaired) electrons. The van der Waals surface area contributed by atoms with E-state index >= 15 is 0 Å². The molecule has 3 amide bonds. The fourth-order valence-corrected chi connectivity index (χ4v) is 6.24. The molecule has 0 aromatic carbocycles. The summed E-state index contributed by atoms with van der Waals surface area (Å²) >= 11 is 0. The van der Waals surface area contributed by atoms with E-state index in [-0.39, 0.29) is 26.4 Å². The van der Waals surface area contributed by atoms with Crippen molar-refractivity contribution in [3.05, 3.63) is 0 Å². The Morgan fingerprint density at radius 3 is 1.34 bits per heavy atom. The average molecular weight is 684 g/mol. The lowest BCUT2D eigenvalue weighted by molar-refractivity contribution is -0.248. The largest absolute Gasteiger partial charge is 0.394 e. The molecule has 19 nitrogen and oxygen atoms in total. The summed E-state index contributed by atoms with van der Waals surface area (Å²) in [4.78, 5) is 35.3. The van der Waals surface area contributed by atoms with E-state index in [1.165, 1.54) is 20.8 Å². The van der Waals surface area contributed by atoms with Gasteiger partial charge in [-0.1, -0.05) is 0 Å². The second-order valence-electron chi connectivity index (χ2n) is 12.1. The zero-order chi connectivity index (χ0) is 35.0. The van der Waals surface area contributed by atoms with Gasteiger partial charge in [0.15, 0.2) is 6.29 Å². The second-order valence-corrected chi connectivity index (χ2v) is 12.1. The lowest BCUT2D eigenvalue weighted by atomic mass is 9.85. The predicted molar refractivity (Wildman–Crippen MR) is 155 cm³/mol. The maximum Gasteiger partial charge on any atom is 0.217 e. The molecule has 3 aliphatic rings. The Balaban J connectivity index is 1.66. The molecule has 272 valence electrons. The summed E-state index contributed by atoms with van der Waals surface area (Å²) < 4.78 is 28.6. The Labute approximate surface area is 271 Å². The zero-order valence-corrected chi connectivity index (χ0v) is 26.5. The van der Waals surface area contributed by atoms with E-state index in [9.17, 15) is 55.2 Å². The van der Waals surface area contributed by atoms with E-state index in [0.29, 0.717) is 0 Å². The van der Waals surface area contributed by atoms with Crippen LogP contribution in [-0.2, 0) is 38.1 Å². The van der Waals surface area contributed by atoms with Crippen LogP contribution in [0.1, 0.15) is 20.8 Å². The van der Waals surface area contributed by atoms with E-state index in [4.69, 9.17) is 23.7 Å². The molecule has 0 aromatic heterocycles. The molecule has 0 unspecified atom stereocenters. The van der Waals surface area contributed by atoms with Crippen LogP contribution in [0, 0.1) is 11.8 Å². The number of carbonyl (C=O) groups excluding carboxylic acids is 3. The van der Waals surface area contributed by atoms with Crippen LogP contribution < -0.4 is 16.0 Å². The number of aliphatic hydroxyl groups excluding tert-OH is 8. The molecular formula is C28H49N3O16. The molecule has 3 fully saturated rings. The highest BCUT2D eigenvalue weighted by Crippen LogP contribution is 2.30. The van der Waals surface area contributed by atoms with E-state index in [1.807, 2.05) is 0 Å². The fraction of sp³-hybridized carbons (Fsp3) is 0.893. The Hall–Kier alpha value is -2.11. The van der Waals surface area contributed by atoms with Crippen molar-refractivity contribution in [3.8, 4) is 0 Å². The first kappa shape index (κ1) is 39.3. The minimum Gasteiger partial charge on any atom is -0.394 e. The summed E-state index contributed by atoms with van der Waals surface area (Å²) in [6, 6.07) is -3.35. The quantitative estimate of drug-likeness (QED) is 0.0811. The van der Waals surface area contributed by atoms with E-state index in [1.54, 1.807) is 0 Å². The van der Waals surface area contributed by atoms with Crippen LogP contribution in [-0.4, -0.2) is 184 Å². The second kappa shape index (κ2) is 18.0. The molecule has 0 aliphatic carbocycles. The SMILES string of the molecule is CC(=O)N[C@@H]1[C@@H](O)[C@H](COC[C@@H]2O[C@H](CO)[C@@H](COC[C@@H]3O[C@H](CO)[C@@H](O)[C@H](O)[C@@H]3NC(C)=O)[C@H](O)[C@H]2NC(C)=O)[C@H](CO)O[C@H]1O. The lowest BCUT2D eigenvalue weighted by Gasteiger charge is -2.46. The molecule has 0 spiro atoms. The van der Waals surface area contributed by atoms with E-state index < -0.39 is 129 Å². The van der Waals surface area contributed by atoms with Gasteiger partial charge in [0.05, 0.1) is 82.7 Å². The smallest absolute Gasteiger partial charge is 0.217 e. The number of nitrogens with one attached hydrogen (secondary N) is 3. The van der Waals surface area contributed by atoms with Crippen LogP contribution in [0.25, 0.3) is 0 Å². The number of ether oxygens (including phenoxy) is 5. The number of amides is 3. The predicted octanol–water partition coefficient (Wildman–Crippen LogP) is -6.56. The van der Waals surface area contributed by atoms with Crippen LogP contribution in [0.5, 0.6) is 0 Å². The molecule has 0 aromatic rings.